The van der Waals surface area contributed by atoms with Gasteiger partial charge in [-0.3, -0.25) is 9.59 Å². The Balaban J connectivity index is 2.46. The third-order valence-electron chi connectivity index (χ3n) is 2.58. The molecule has 0 radical (unpaired) electrons. The third kappa shape index (κ3) is 4.98. The molecule has 0 aliphatic carbocycles. The van der Waals surface area contributed by atoms with E-state index in [0.717, 1.165) is 0 Å². The molecule has 0 aromatic carbocycles. The Kier molecular flexibility index (Phi) is 5.05. The Hall–Kier alpha value is -1.43. The van der Waals surface area contributed by atoms with Crippen LogP contribution in [-0.4, -0.2) is 35.1 Å². The first-order valence-electron chi connectivity index (χ1n) is 6.42. The van der Waals surface area contributed by atoms with Crippen LogP contribution in [-0.2, 0) is 24.0 Å². The Labute approximate surface area is 113 Å². The molecule has 1 aliphatic heterocycles. The van der Waals surface area contributed by atoms with Crippen molar-refractivity contribution in [3.63, 3.8) is 0 Å². The van der Waals surface area contributed by atoms with Crippen LogP contribution >= 0.6 is 0 Å². The van der Waals surface area contributed by atoms with Crippen LogP contribution in [0.1, 0.15) is 47.0 Å². The summed E-state index contributed by atoms with van der Waals surface area (Å²) >= 11 is 0. The van der Waals surface area contributed by atoms with Gasteiger partial charge in [0.2, 0.25) is 0 Å². The molecule has 0 unspecified atom stereocenters. The van der Waals surface area contributed by atoms with E-state index in [1.54, 1.807) is 13.8 Å². The van der Waals surface area contributed by atoms with Crippen LogP contribution in [0.2, 0.25) is 0 Å². The van der Waals surface area contributed by atoms with E-state index in [1.165, 1.54) is 0 Å². The van der Waals surface area contributed by atoms with E-state index in [0.29, 0.717) is 17.6 Å². The number of hydroxylamine groups is 2. The van der Waals surface area contributed by atoms with E-state index in [4.69, 9.17) is 9.57 Å². The molecule has 0 bridgehead atoms. The summed E-state index contributed by atoms with van der Waals surface area (Å²) in [7, 11) is 0. The maximum atomic E-state index is 11.7. The minimum absolute atomic E-state index is 0.0171. The highest BCUT2D eigenvalue weighted by Gasteiger charge is 2.34. The van der Waals surface area contributed by atoms with Crippen molar-refractivity contribution in [1.82, 2.24) is 5.06 Å². The number of hydrogen-bond donors (Lipinski definition) is 0. The number of rotatable bonds is 6. The average Bonchev–Trinajstić information content (AvgIpc) is 2.57. The summed E-state index contributed by atoms with van der Waals surface area (Å²) in [6, 6.07) is 0. The number of ether oxygens (including phenoxy) is 1. The highest BCUT2D eigenvalue weighted by molar-refractivity contribution is 6.01. The third-order valence-corrected chi connectivity index (χ3v) is 2.58. The topological polar surface area (TPSA) is 72.9 Å². The van der Waals surface area contributed by atoms with Crippen molar-refractivity contribution in [2.45, 2.75) is 52.6 Å². The summed E-state index contributed by atoms with van der Waals surface area (Å²) in [5, 5.41) is 0.556. The predicted octanol–water partition coefficient (Wildman–Crippen LogP) is 1.43. The van der Waals surface area contributed by atoms with E-state index in [2.05, 4.69) is 0 Å². The van der Waals surface area contributed by atoms with Gasteiger partial charge in [-0.05, 0) is 19.8 Å². The molecule has 6 nitrogen and oxygen atoms in total. The zero-order chi connectivity index (χ0) is 14.6. The maximum absolute atomic E-state index is 11.7. The number of hydrogen-bond acceptors (Lipinski definition) is 5. The zero-order valence-electron chi connectivity index (χ0n) is 11.9. The largest absolute Gasteiger partial charge is 0.375 e. The van der Waals surface area contributed by atoms with Crippen LogP contribution in [0.5, 0.6) is 0 Å². The second-order valence-electron chi connectivity index (χ2n) is 5.69. The fourth-order valence-electron chi connectivity index (χ4n) is 1.58. The number of carbonyl (C=O) groups excluding carboxylic acids is 3. The monoisotopic (exact) mass is 271 g/mol. The van der Waals surface area contributed by atoms with Crippen LogP contribution in [0.3, 0.4) is 0 Å². The molecular weight excluding hydrogens is 250 g/mol. The molecule has 0 aromatic rings. The van der Waals surface area contributed by atoms with Crippen molar-refractivity contribution >= 4 is 17.8 Å². The second-order valence-corrected chi connectivity index (χ2v) is 5.69. The molecule has 0 aromatic heterocycles. The molecule has 0 N–H and O–H groups in total. The summed E-state index contributed by atoms with van der Waals surface area (Å²) in [6.45, 7) is 8.09. The highest BCUT2D eigenvalue weighted by atomic mass is 16.7. The first-order chi connectivity index (χ1) is 8.71. The molecule has 2 amide bonds. The van der Waals surface area contributed by atoms with Gasteiger partial charge in [-0.1, -0.05) is 13.8 Å². The quantitative estimate of drug-likeness (QED) is 0.683. The van der Waals surface area contributed by atoms with Crippen LogP contribution in [0.25, 0.3) is 0 Å². The molecule has 0 atom stereocenters. The van der Waals surface area contributed by atoms with Crippen molar-refractivity contribution in [3.8, 4) is 0 Å². The van der Waals surface area contributed by atoms with Gasteiger partial charge in [-0.2, -0.15) is 0 Å². The van der Waals surface area contributed by atoms with Gasteiger partial charge in [0.15, 0.2) is 0 Å². The number of amides is 2. The summed E-state index contributed by atoms with van der Waals surface area (Å²) in [4.78, 5) is 39.1. The van der Waals surface area contributed by atoms with Crippen molar-refractivity contribution in [3.05, 3.63) is 0 Å². The number of nitrogens with zero attached hydrogens (tertiary/aromatic N) is 1. The Morgan fingerprint density at radius 2 is 1.79 bits per heavy atom. The van der Waals surface area contributed by atoms with Crippen LogP contribution in [0.15, 0.2) is 0 Å². The standard InChI is InChI=1S/C13H21NO5/c1-9(2)8-18-13(3,4)7-12(17)19-14-10(15)5-6-11(14)16/h9H,5-8H2,1-4H3. The van der Waals surface area contributed by atoms with Gasteiger partial charge in [-0.15, -0.1) is 5.06 Å². The number of imide groups is 1. The summed E-state index contributed by atoms with van der Waals surface area (Å²) in [6.07, 6.45) is 0.176. The molecule has 1 aliphatic rings. The minimum Gasteiger partial charge on any atom is -0.375 e. The Morgan fingerprint density at radius 1 is 1.26 bits per heavy atom. The predicted molar refractivity (Wildman–Crippen MR) is 66.7 cm³/mol. The van der Waals surface area contributed by atoms with Gasteiger partial charge in [0.25, 0.3) is 11.8 Å². The van der Waals surface area contributed by atoms with Crippen molar-refractivity contribution < 1.29 is 24.0 Å². The van der Waals surface area contributed by atoms with Crippen molar-refractivity contribution in [2.75, 3.05) is 6.61 Å². The van der Waals surface area contributed by atoms with E-state index >= 15 is 0 Å². The minimum atomic E-state index is -0.687. The summed E-state index contributed by atoms with van der Waals surface area (Å²) in [5.41, 5.74) is -0.687. The van der Waals surface area contributed by atoms with E-state index in [-0.39, 0.29) is 19.3 Å². The Morgan fingerprint density at radius 3 is 2.26 bits per heavy atom. The zero-order valence-corrected chi connectivity index (χ0v) is 11.9. The molecule has 1 heterocycles. The van der Waals surface area contributed by atoms with E-state index < -0.39 is 23.4 Å². The molecule has 19 heavy (non-hydrogen) atoms. The lowest BCUT2D eigenvalue weighted by Crippen LogP contribution is -2.36. The average molecular weight is 271 g/mol. The Bertz CT molecular complexity index is 359. The lowest BCUT2D eigenvalue weighted by Gasteiger charge is -2.26. The molecule has 1 rings (SSSR count). The van der Waals surface area contributed by atoms with E-state index in [1.807, 2.05) is 13.8 Å². The number of carbonyl (C=O) groups is 3. The van der Waals surface area contributed by atoms with Crippen molar-refractivity contribution in [1.29, 1.82) is 0 Å². The molecule has 1 fully saturated rings. The second kappa shape index (κ2) is 6.14. The lowest BCUT2D eigenvalue weighted by molar-refractivity contribution is -0.201. The molecule has 0 spiro atoms. The molecule has 0 saturated carbocycles. The normalized spacial score (nSPS) is 16.4. The van der Waals surface area contributed by atoms with Crippen LogP contribution < -0.4 is 0 Å². The lowest BCUT2D eigenvalue weighted by atomic mass is 10.1. The fourth-order valence-corrected chi connectivity index (χ4v) is 1.58. The SMILES string of the molecule is CC(C)COC(C)(C)CC(=O)ON1C(=O)CCC1=O. The van der Waals surface area contributed by atoms with E-state index in [9.17, 15) is 14.4 Å². The van der Waals surface area contributed by atoms with Crippen molar-refractivity contribution in [2.24, 2.45) is 5.92 Å². The van der Waals surface area contributed by atoms with Gasteiger partial charge >= 0.3 is 5.97 Å². The van der Waals surface area contributed by atoms with Gasteiger partial charge in [-0.25, -0.2) is 4.79 Å². The molecular formula is C13H21NO5. The first kappa shape index (κ1) is 15.6. The molecule has 6 heteroatoms. The summed E-state index contributed by atoms with van der Waals surface area (Å²) in [5.74, 6) is -1.23. The van der Waals surface area contributed by atoms with Crippen LogP contribution in [0.4, 0.5) is 0 Å². The summed E-state index contributed by atoms with van der Waals surface area (Å²) < 4.78 is 5.59. The maximum Gasteiger partial charge on any atom is 0.336 e. The first-order valence-corrected chi connectivity index (χ1v) is 6.42. The van der Waals surface area contributed by atoms with Gasteiger partial charge < -0.3 is 9.57 Å². The smallest absolute Gasteiger partial charge is 0.336 e. The van der Waals surface area contributed by atoms with Gasteiger partial charge in [0.05, 0.1) is 12.0 Å². The molecule has 1 saturated heterocycles. The fraction of sp³-hybridized carbons (Fsp3) is 0.769. The highest BCUT2D eigenvalue weighted by Crippen LogP contribution is 2.19. The van der Waals surface area contributed by atoms with Crippen LogP contribution in [0, 0.1) is 5.92 Å². The van der Waals surface area contributed by atoms with Gasteiger partial charge in [0, 0.05) is 19.4 Å². The van der Waals surface area contributed by atoms with Gasteiger partial charge in [0.1, 0.15) is 0 Å². The molecule has 108 valence electrons.